The number of aliphatic hydroxyl groups excluding tert-OH is 1. The van der Waals surface area contributed by atoms with Crippen molar-refractivity contribution in [2.24, 2.45) is 0 Å². The summed E-state index contributed by atoms with van der Waals surface area (Å²) in [5.74, 6) is 2.32. The molecule has 1 aromatic carbocycles. The van der Waals surface area contributed by atoms with Crippen molar-refractivity contribution in [2.75, 3.05) is 11.5 Å². The molecule has 19 heavy (non-hydrogen) atoms. The van der Waals surface area contributed by atoms with Crippen LogP contribution in [0.25, 0.3) is 0 Å². The first kappa shape index (κ1) is 15.3. The molecule has 1 atom stereocenters. The van der Waals surface area contributed by atoms with E-state index in [0.717, 1.165) is 24.3 Å². The maximum absolute atomic E-state index is 10.8. The lowest BCUT2D eigenvalue weighted by Gasteiger charge is -2.40. The van der Waals surface area contributed by atoms with Gasteiger partial charge in [-0.3, -0.25) is 0 Å². The molecule has 1 N–H and O–H groups in total. The predicted octanol–water partition coefficient (Wildman–Crippen LogP) is 4.65. The molecule has 1 aliphatic rings. The summed E-state index contributed by atoms with van der Waals surface area (Å²) in [7, 11) is 0. The lowest BCUT2D eigenvalue weighted by Crippen LogP contribution is -2.36. The largest absolute Gasteiger partial charge is 0.390 e. The van der Waals surface area contributed by atoms with E-state index < -0.39 is 0 Å². The minimum absolute atomic E-state index is 0.132. The monoisotopic (exact) mass is 296 g/mol. The highest BCUT2D eigenvalue weighted by atomic mass is 32.2. The Morgan fingerprint density at radius 2 is 1.84 bits per heavy atom. The van der Waals surface area contributed by atoms with Crippen molar-refractivity contribution < 1.29 is 5.11 Å². The van der Waals surface area contributed by atoms with Gasteiger partial charge in [0.05, 0.1) is 6.10 Å². The van der Waals surface area contributed by atoms with E-state index in [4.69, 9.17) is 0 Å². The number of unbranched alkanes of at least 4 members (excludes halogenated alkanes) is 2. The first-order valence-electron chi connectivity index (χ1n) is 7.31. The highest BCUT2D eigenvalue weighted by molar-refractivity contribution is 8.18. The lowest BCUT2D eigenvalue weighted by atomic mass is 10.0. The predicted molar refractivity (Wildman–Crippen MR) is 87.8 cm³/mol. The van der Waals surface area contributed by atoms with Gasteiger partial charge in [-0.15, -0.1) is 23.5 Å². The molecule has 0 aromatic heterocycles. The van der Waals surface area contributed by atoms with Crippen molar-refractivity contribution >= 4 is 23.5 Å². The molecule has 0 aliphatic carbocycles. The molecular weight excluding hydrogens is 272 g/mol. The van der Waals surface area contributed by atoms with Gasteiger partial charge in [-0.25, -0.2) is 0 Å². The van der Waals surface area contributed by atoms with Gasteiger partial charge >= 0.3 is 0 Å². The minimum Gasteiger partial charge on any atom is -0.390 e. The molecule has 2 rings (SSSR count). The summed E-state index contributed by atoms with van der Waals surface area (Å²) in [6.07, 6.45) is 5.50. The quantitative estimate of drug-likeness (QED) is 0.772. The smallest absolute Gasteiger partial charge is 0.112 e. The van der Waals surface area contributed by atoms with Gasteiger partial charge in [0.2, 0.25) is 0 Å². The molecule has 0 amide bonds. The van der Waals surface area contributed by atoms with E-state index in [1.54, 1.807) is 0 Å². The first-order valence-corrected chi connectivity index (χ1v) is 9.28. The fourth-order valence-corrected chi connectivity index (χ4v) is 5.97. The number of rotatable bonds is 6. The minimum atomic E-state index is -0.239. The van der Waals surface area contributed by atoms with Crippen LogP contribution in [0.4, 0.5) is 0 Å². The second-order valence-electron chi connectivity index (χ2n) is 5.10. The molecule has 0 spiro atoms. The van der Waals surface area contributed by atoms with Gasteiger partial charge in [-0.2, -0.15) is 0 Å². The molecule has 1 nitrogen and oxygen atoms in total. The third-order valence-corrected chi connectivity index (χ3v) is 7.18. The van der Waals surface area contributed by atoms with Crippen molar-refractivity contribution in [1.29, 1.82) is 0 Å². The van der Waals surface area contributed by atoms with Crippen molar-refractivity contribution in [3.8, 4) is 0 Å². The summed E-state index contributed by atoms with van der Waals surface area (Å²) >= 11 is 3.89. The van der Waals surface area contributed by atoms with Crippen LogP contribution in [0.3, 0.4) is 0 Å². The van der Waals surface area contributed by atoms with Crippen LogP contribution in [0.15, 0.2) is 30.3 Å². The Bertz CT molecular complexity index is 360. The molecule has 106 valence electrons. The zero-order chi connectivity index (χ0) is 13.6. The van der Waals surface area contributed by atoms with Crippen LogP contribution in [0.2, 0.25) is 0 Å². The van der Waals surface area contributed by atoms with Crippen molar-refractivity contribution in [2.45, 2.75) is 49.2 Å². The van der Waals surface area contributed by atoms with Crippen LogP contribution in [0, 0.1) is 0 Å². The fourth-order valence-electron chi connectivity index (χ4n) is 2.55. The Balaban J connectivity index is 2.15. The average Bonchev–Trinajstić information content (AvgIpc) is 2.49. The molecule has 1 aromatic rings. The van der Waals surface area contributed by atoms with E-state index in [2.05, 4.69) is 37.3 Å². The van der Waals surface area contributed by atoms with E-state index in [1.165, 1.54) is 24.8 Å². The topological polar surface area (TPSA) is 20.2 Å². The van der Waals surface area contributed by atoms with Crippen LogP contribution in [-0.2, 0) is 4.08 Å². The van der Waals surface area contributed by atoms with Crippen LogP contribution in [0.5, 0.6) is 0 Å². The molecule has 0 saturated carbocycles. The molecule has 1 heterocycles. The number of hydrogen-bond acceptors (Lipinski definition) is 3. The molecule has 1 fully saturated rings. The van der Waals surface area contributed by atoms with Crippen molar-refractivity contribution in [3.05, 3.63) is 35.9 Å². The van der Waals surface area contributed by atoms with E-state index in [9.17, 15) is 5.11 Å². The number of aliphatic hydroxyl groups is 1. The zero-order valence-corrected chi connectivity index (χ0v) is 13.3. The number of thioether (sulfide) groups is 2. The third kappa shape index (κ3) is 3.71. The fraction of sp³-hybridized carbons (Fsp3) is 0.625. The van der Waals surface area contributed by atoms with E-state index in [1.807, 2.05) is 23.5 Å². The van der Waals surface area contributed by atoms with Crippen molar-refractivity contribution in [3.63, 3.8) is 0 Å². The average molecular weight is 297 g/mol. The Labute approximate surface area is 125 Å². The Morgan fingerprint density at radius 3 is 2.47 bits per heavy atom. The lowest BCUT2D eigenvalue weighted by molar-refractivity contribution is 0.147. The zero-order valence-electron chi connectivity index (χ0n) is 11.7. The van der Waals surface area contributed by atoms with Gasteiger partial charge < -0.3 is 5.11 Å². The molecule has 3 heteroatoms. The number of hydrogen-bond donors (Lipinski definition) is 1. The standard InChI is InChI=1S/C16H24OS2/c1-2-3-5-11-15(17)16(18-12-8-13-19-16)14-9-6-4-7-10-14/h4,6-7,9-10,15,17H,2-3,5,8,11-13H2,1H3. The van der Waals surface area contributed by atoms with Gasteiger partial charge in [-0.1, -0.05) is 56.5 Å². The van der Waals surface area contributed by atoms with Gasteiger partial charge in [0.1, 0.15) is 4.08 Å². The van der Waals surface area contributed by atoms with Crippen LogP contribution in [-0.4, -0.2) is 22.7 Å². The number of benzene rings is 1. The maximum Gasteiger partial charge on any atom is 0.112 e. The molecule has 1 saturated heterocycles. The summed E-state index contributed by atoms with van der Waals surface area (Å²) in [5, 5.41) is 10.8. The Hall–Kier alpha value is -0.120. The second kappa shape index (κ2) is 7.61. The van der Waals surface area contributed by atoms with Gasteiger partial charge in [0.15, 0.2) is 0 Å². The summed E-state index contributed by atoms with van der Waals surface area (Å²) in [6, 6.07) is 10.6. The normalized spacial score (nSPS) is 20.1. The molecule has 1 aliphatic heterocycles. The van der Waals surface area contributed by atoms with Crippen LogP contribution >= 0.6 is 23.5 Å². The SMILES string of the molecule is CCCCCC(O)C1(c2ccccc2)SCCCS1. The van der Waals surface area contributed by atoms with Gasteiger partial charge in [-0.05, 0) is 29.9 Å². The second-order valence-corrected chi connectivity index (χ2v) is 8.04. The van der Waals surface area contributed by atoms with Gasteiger partial charge in [0.25, 0.3) is 0 Å². The Morgan fingerprint density at radius 1 is 1.16 bits per heavy atom. The molecule has 0 bridgehead atoms. The summed E-state index contributed by atoms with van der Waals surface area (Å²) in [4.78, 5) is 0. The van der Waals surface area contributed by atoms with E-state index in [-0.39, 0.29) is 10.2 Å². The highest BCUT2D eigenvalue weighted by Crippen LogP contribution is 2.53. The molecule has 0 radical (unpaired) electrons. The van der Waals surface area contributed by atoms with E-state index in [0.29, 0.717) is 0 Å². The highest BCUT2D eigenvalue weighted by Gasteiger charge is 2.41. The summed E-state index contributed by atoms with van der Waals surface area (Å²) in [6.45, 7) is 2.21. The maximum atomic E-state index is 10.8. The Kier molecular flexibility index (Phi) is 6.11. The van der Waals surface area contributed by atoms with E-state index >= 15 is 0 Å². The van der Waals surface area contributed by atoms with Crippen LogP contribution in [0.1, 0.15) is 44.6 Å². The van der Waals surface area contributed by atoms with Crippen molar-refractivity contribution in [1.82, 2.24) is 0 Å². The first-order chi connectivity index (χ1) is 9.29. The summed E-state index contributed by atoms with van der Waals surface area (Å²) in [5.41, 5.74) is 1.29. The molecule has 1 unspecified atom stereocenters. The van der Waals surface area contributed by atoms with Gasteiger partial charge in [0, 0.05) is 0 Å². The third-order valence-electron chi connectivity index (χ3n) is 3.62. The summed E-state index contributed by atoms with van der Waals surface area (Å²) < 4.78 is -0.132. The molecular formula is C16H24OS2. The van der Waals surface area contributed by atoms with Crippen LogP contribution < -0.4 is 0 Å².